The Balaban J connectivity index is 2.01. The summed E-state index contributed by atoms with van der Waals surface area (Å²) in [5.41, 5.74) is -1.60. The lowest BCUT2D eigenvalue weighted by molar-refractivity contribution is -0.138. The van der Waals surface area contributed by atoms with Crippen molar-refractivity contribution >= 4 is 33.3 Å². The number of anilines is 2. The normalized spacial score (nSPS) is 13.8. The first-order valence-electron chi connectivity index (χ1n) is 9.58. The van der Waals surface area contributed by atoms with Gasteiger partial charge in [0.1, 0.15) is 18.0 Å². The third-order valence-corrected chi connectivity index (χ3v) is 5.85. The fourth-order valence-corrected chi connectivity index (χ4v) is 4.07. The molecule has 0 bridgehead atoms. The van der Waals surface area contributed by atoms with Gasteiger partial charge >= 0.3 is 12.1 Å². The second-order valence-electron chi connectivity index (χ2n) is 6.95. The molecule has 0 aromatic heterocycles. The molecule has 3 rings (SSSR count). The summed E-state index contributed by atoms with van der Waals surface area (Å²) in [6, 6.07) is 5.77. The molecular formula is C20H19F3N2O7S. The summed E-state index contributed by atoms with van der Waals surface area (Å²) in [4.78, 5) is 23.6. The molecule has 0 aliphatic carbocycles. The number of nitrogens with zero attached hydrogens (tertiary/aromatic N) is 1. The van der Waals surface area contributed by atoms with Gasteiger partial charge in [-0.05, 0) is 42.8 Å². The molecule has 13 heteroatoms. The molecule has 0 atom stereocenters. The van der Waals surface area contributed by atoms with E-state index in [2.05, 4.69) is 4.72 Å². The minimum Gasteiger partial charge on any atom is -0.491 e. The number of hydrogen-bond donors (Lipinski definition) is 2. The van der Waals surface area contributed by atoms with Crippen LogP contribution in [0.25, 0.3) is 0 Å². The highest BCUT2D eigenvalue weighted by molar-refractivity contribution is 7.92. The Bertz CT molecular complexity index is 1180. The molecule has 0 unspecified atom stereocenters. The Kier molecular flexibility index (Phi) is 6.72. The molecule has 33 heavy (non-hydrogen) atoms. The molecule has 1 amide bonds. The zero-order chi connectivity index (χ0) is 24.4. The summed E-state index contributed by atoms with van der Waals surface area (Å²) in [5, 5.41) is 9.06. The van der Waals surface area contributed by atoms with Gasteiger partial charge in [-0.15, -0.1) is 0 Å². The first kappa shape index (κ1) is 24.2. The van der Waals surface area contributed by atoms with Gasteiger partial charge in [0.2, 0.25) is 0 Å². The van der Waals surface area contributed by atoms with Crippen LogP contribution in [-0.4, -0.2) is 45.2 Å². The lowest BCUT2D eigenvalue weighted by Gasteiger charge is -2.28. The molecule has 1 aliphatic heterocycles. The van der Waals surface area contributed by atoms with Gasteiger partial charge in [-0.3, -0.25) is 19.2 Å². The van der Waals surface area contributed by atoms with Gasteiger partial charge in [0.05, 0.1) is 28.4 Å². The SMILES string of the molecule is CCCOc1ccc(C(F)(F)F)cc1NS(=O)(=O)c1ccc2c(c1)N(CC(=O)O)C(=O)CO2. The number of nitrogens with one attached hydrogen (secondary N) is 1. The number of carboxylic acid groups (broad SMARTS) is 1. The minimum atomic E-state index is -4.72. The second-order valence-corrected chi connectivity index (χ2v) is 8.64. The average molecular weight is 488 g/mol. The molecule has 0 fully saturated rings. The third kappa shape index (κ3) is 5.48. The average Bonchev–Trinajstić information content (AvgIpc) is 2.73. The fraction of sp³-hybridized carbons (Fsp3) is 0.300. The van der Waals surface area contributed by atoms with Crippen LogP contribution in [0, 0.1) is 0 Å². The number of fused-ring (bicyclic) bond motifs is 1. The number of sulfonamides is 1. The van der Waals surface area contributed by atoms with E-state index in [9.17, 15) is 31.2 Å². The van der Waals surface area contributed by atoms with E-state index in [1.807, 2.05) is 0 Å². The number of carboxylic acids is 1. The number of amides is 1. The van der Waals surface area contributed by atoms with Crippen molar-refractivity contribution in [2.75, 3.05) is 29.4 Å². The molecule has 0 spiro atoms. The highest BCUT2D eigenvalue weighted by atomic mass is 32.2. The van der Waals surface area contributed by atoms with E-state index >= 15 is 0 Å². The van der Waals surface area contributed by atoms with Crippen molar-refractivity contribution in [2.24, 2.45) is 0 Å². The molecule has 0 saturated heterocycles. The summed E-state index contributed by atoms with van der Waals surface area (Å²) in [6.07, 6.45) is -4.18. The van der Waals surface area contributed by atoms with E-state index in [1.54, 1.807) is 6.92 Å². The third-order valence-electron chi connectivity index (χ3n) is 4.49. The van der Waals surface area contributed by atoms with E-state index in [0.717, 1.165) is 29.2 Å². The Morgan fingerprint density at radius 3 is 2.61 bits per heavy atom. The van der Waals surface area contributed by atoms with Crippen LogP contribution in [0.3, 0.4) is 0 Å². The van der Waals surface area contributed by atoms with Crippen LogP contribution in [0.15, 0.2) is 41.3 Å². The Morgan fingerprint density at radius 2 is 1.97 bits per heavy atom. The van der Waals surface area contributed by atoms with Crippen LogP contribution in [0.4, 0.5) is 24.5 Å². The fourth-order valence-electron chi connectivity index (χ4n) is 2.99. The molecule has 2 N–H and O–H groups in total. The molecular weight excluding hydrogens is 469 g/mol. The molecule has 0 radical (unpaired) electrons. The van der Waals surface area contributed by atoms with Crippen LogP contribution in [0.5, 0.6) is 11.5 Å². The van der Waals surface area contributed by atoms with E-state index in [-0.39, 0.29) is 23.8 Å². The number of aliphatic carboxylic acids is 1. The van der Waals surface area contributed by atoms with Crippen molar-refractivity contribution in [3.63, 3.8) is 0 Å². The van der Waals surface area contributed by atoms with Crippen LogP contribution < -0.4 is 19.1 Å². The Labute approximate surface area is 186 Å². The highest BCUT2D eigenvalue weighted by Gasteiger charge is 2.33. The molecule has 2 aromatic rings. The minimum absolute atomic E-state index is 0.0841. The Hall–Kier alpha value is -3.48. The zero-order valence-electron chi connectivity index (χ0n) is 17.2. The largest absolute Gasteiger partial charge is 0.491 e. The first-order valence-corrected chi connectivity index (χ1v) is 11.1. The van der Waals surface area contributed by atoms with Gasteiger partial charge in [0.15, 0.2) is 6.61 Å². The van der Waals surface area contributed by atoms with Gasteiger partial charge in [-0.2, -0.15) is 13.2 Å². The number of halogens is 3. The summed E-state index contributed by atoms with van der Waals surface area (Å²) < 4.78 is 78.1. The van der Waals surface area contributed by atoms with E-state index in [4.69, 9.17) is 14.6 Å². The van der Waals surface area contributed by atoms with Crippen LogP contribution in [0.1, 0.15) is 18.9 Å². The van der Waals surface area contributed by atoms with Crippen molar-refractivity contribution < 1.29 is 45.8 Å². The summed E-state index contributed by atoms with van der Waals surface area (Å²) in [7, 11) is -4.46. The van der Waals surface area contributed by atoms with Crippen LogP contribution in [-0.2, 0) is 25.8 Å². The maximum Gasteiger partial charge on any atom is 0.416 e. The topological polar surface area (TPSA) is 122 Å². The van der Waals surface area contributed by atoms with E-state index in [1.165, 1.54) is 6.07 Å². The van der Waals surface area contributed by atoms with Gasteiger partial charge < -0.3 is 14.6 Å². The monoisotopic (exact) mass is 488 g/mol. The van der Waals surface area contributed by atoms with Crippen molar-refractivity contribution in [3.8, 4) is 11.5 Å². The molecule has 0 saturated carbocycles. The summed E-state index contributed by atoms with van der Waals surface area (Å²) in [6.45, 7) is 0.761. The number of alkyl halides is 3. The van der Waals surface area contributed by atoms with Crippen molar-refractivity contribution in [2.45, 2.75) is 24.4 Å². The van der Waals surface area contributed by atoms with Crippen molar-refractivity contribution in [3.05, 3.63) is 42.0 Å². The standard InChI is InChI=1S/C20H19F3N2O7S/c1-2-7-31-16-5-3-12(20(21,22)23)8-14(16)24-33(29,30)13-4-6-17-15(9-13)25(10-19(27)28)18(26)11-32-17/h3-6,8-9,24H,2,7,10-11H2,1H3,(H,27,28). The van der Waals surface area contributed by atoms with E-state index in [0.29, 0.717) is 12.5 Å². The smallest absolute Gasteiger partial charge is 0.416 e. The molecule has 1 aliphatic rings. The lowest BCUT2D eigenvalue weighted by Crippen LogP contribution is -2.42. The number of carbonyl (C=O) groups excluding carboxylic acids is 1. The lowest BCUT2D eigenvalue weighted by atomic mass is 10.2. The highest BCUT2D eigenvalue weighted by Crippen LogP contribution is 2.38. The van der Waals surface area contributed by atoms with Gasteiger partial charge in [-0.1, -0.05) is 6.92 Å². The number of benzene rings is 2. The van der Waals surface area contributed by atoms with Gasteiger partial charge in [-0.25, -0.2) is 8.42 Å². The van der Waals surface area contributed by atoms with Crippen molar-refractivity contribution in [1.29, 1.82) is 0 Å². The Morgan fingerprint density at radius 1 is 1.24 bits per heavy atom. The molecule has 2 aromatic carbocycles. The van der Waals surface area contributed by atoms with Gasteiger partial charge in [0.25, 0.3) is 15.9 Å². The predicted octanol–water partition coefficient (Wildman–Crippen LogP) is 3.11. The second kappa shape index (κ2) is 9.17. The van der Waals surface area contributed by atoms with Gasteiger partial charge in [0, 0.05) is 0 Å². The predicted molar refractivity (Wildman–Crippen MR) is 110 cm³/mol. The number of ether oxygens (including phenoxy) is 2. The number of hydrogen-bond acceptors (Lipinski definition) is 6. The quantitative estimate of drug-likeness (QED) is 0.586. The molecule has 178 valence electrons. The van der Waals surface area contributed by atoms with E-state index < -0.39 is 57.4 Å². The van der Waals surface area contributed by atoms with Crippen molar-refractivity contribution in [1.82, 2.24) is 0 Å². The maximum atomic E-state index is 13.2. The molecule has 9 nitrogen and oxygen atoms in total. The first-order chi connectivity index (χ1) is 15.4. The number of rotatable bonds is 8. The van der Waals surface area contributed by atoms with Crippen LogP contribution in [0.2, 0.25) is 0 Å². The zero-order valence-corrected chi connectivity index (χ0v) is 18.0. The number of carbonyl (C=O) groups is 2. The molecule has 1 heterocycles. The summed E-state index contributed by atoms with van der Waals surface area (Å²) >= 11 is 0. The summed E-state index contributed by atoms with van der Waals surface area (Å²) in [5.74, 6) is -2.04. The van der Waals surface area contributed by atoms with Crippen LogP contribution >= 0.6 is 0 Å². The maximum absolute atomic E-state index is 13.2.